The van der Waals surface area contributed by atoms with Gasteiger partial charge in [0.2, 0.25) is 5.82 Å². The van der Waals surface area contributed by atoms with Gasteiger partial charge in [-0.25, -0.2) is 4.57 Å². The number of hydrogen-bond acceptors (Lipinski definition) is 2. The topological polar surface area (TPSA) is 44.6 Å². The first-order valence-electron chi connectivity index (χ1n) is 4.93. The van der Waals surface area contributed by atoms with Crippen LogP contribution in [0.3, 0.4) is 0 Å². The van der Waals surface area contributed by atoms with Gasteiger partial charge in [0.25, 0.3) is 0 Å². The summed E-state index contributed by atoms with van der Waals surface area (Å²) in [7, 11) is 0. The molecule has 0 spiro atoms. The predicted octanol–water partition coefficient (Wildman–Crippen LogP) is 2.10. The van der Waals surface area contributed by atoms with E-state index in [1.165, 1.54) is 0 Å². The van der Waals surface area contributed by atoms with Gasteiger partial charge in [-0.05, 0) is 18.2 Å². The highest BCUT2D eigenvalue weighted by atomic mass is 35.5. The third kappa shape index (κ3) is 1.45. The van der Waals surface area contributed by atoms with Crippen molar-refractivity contribution in [1.82, 2.24) is 10.2 Å². The molecule has 16 heavy (non-hydrogen) atoms. The third-order valence-electron chi connectivity index (χ3n) is 2.60. The number of benzene rings is 1. The molecule has 1 aliphatic heterocycles. The zero-order valence-corrected chi connectivity index (χ0v) is 9.81. The summed E-state index contributed by atoms with van der Waals surface area (Å²) >= 11 is 12.0. The van der Waals surface area contributed by atoms with Crippen molar-refractivity contribution in [3.63, 3.8) is 0 Å². The van der Waals surface area contributed by atoms with E-state index in [2.05, 4.69) is 20.1 Å². The Hall–Kier alpha value is -1.26. The highest BCUT2D eigenvalue weighted by Gasteiger charge is 2.25. The van der Waals surface area contributed by atoms with Crippen molar-refractivity contribution >= 4 is 29.2 Å². The smallest absolute Gasteiger partial charge is 0.289 e. The third-order valence-corrected chi connectivity index (χ3v) is 3.15. The Balaban J connectivity index is 2.15. The molecule has 2 heterocycles. The molecule has 1 aliphatic rings. The summed E-state index contributed by atoms with van der Waals surface area (Å²) in [6, 6.07) is 5.44. The minimum Gasteiger partial charge on any atom is -0.289 e. The van der Waals surface area contributed by atoms with Gasteiger partial charge in [0.15, 0.2) is 0 Å². The van der Waals surface area contributed by atoms with Crippen molar-refractivity contribution in [1.29, 1.82) is 0 Å². The first-order valence-corrected chi connectivity index (χ1v) is 5.69. The fourth-order valence-electron chi connectivity index (χ4n) is 1.85. The minimum atomic E-state index is 0.623. The lowest BCUT2D eigenvalue weighted by molar-refractivity contribution is -0.659. The Bertz CT molecular complexity index is 550. The van der Waals surface area contributed by atoms with E-state index in [0.717, 1.165) is 30.4 Å². The summed E-state index contributed by atoms with van der Waals surface area (Å²) in [4.78, 5) is 0. The van der Waals surface area contributed by atoms with E-state index in [9.17, 15) is 0 Å². The van der Waals surface area contributed by atoms with Crippen molar-refractivity contribution in [3.8, 4) is 11.4 Å². The zero-order valence-electron chi connectivity index (χ0n) is 8.30. The average Bonchev–Trinajstić information content (AvgIpc) is 2.80. The second-order valence-corrected chi connectivity index (χ2v) is 4.44. The first kappa shape index (κ1) is 9.93. The van der Waals surface area contributed by atoms with Crippen LogP contribution in [0.5, 0.6) is 0 Å². The van der Waals surface area contributed by atoms with Crippen LogP contribution in [0.2, 0.25) is 10.0 Å². The van der Waals surface area contributed by atoms with E-state index in [0.29, 0.717) is 10.0 Å². The molecule has 0 unspecified atom stereocenters. The molecule has 82 valence electrons. The van der Waals surface area contributed by atoms with Crippen LogP contribution in [0.1, 0.15) is 0 Å². The predicted molar refractivity (Wildman–Crippen MR) is 62.7 cm³/mol. The van der Waals surface area contributed by atoms with Gasteiger partial charge in [-0.1, -0.05) is 23.2 Å². The van der Waals surface area contributed by atoms with Crippen molar-refractivity contribution in [3.05, 3.63) is 28.2 Å². The Morgan fingerprint density at radius 1 is 1.31 bits per heavy atom. The molecule has 3 rings (SSSR count). The highest BCUT2D eigenvalue weighted by molar-refractivity contribution is 6.36. The van der Waals surface area contributed by atoms with Crippen LogP contribution in [0.4, 0.5) is 5.95 Å². The van der Waals surface area contributed by atoms with E-state index in [4.69, 9.17) is 23.2 Å². The zero-order chi connectivity index (χ0) is 11.1. The fourth-order valence-corrected chi connectivity index (χ4v) is 2.35. The lowest BCUT2D eigenvalue weighted by Gasteiger charge is -2.01. The molecule has 0 bridgehead atoms. The molecule has 0 radical (unpaired) electrons. The molecule has 0 amide bonds. The van der Waals surface area contributed by atoms with Gasteiger partial charge in [-0.3, -0.25) is 5.32 Å². The Morgan fingerprint density at radius 3 is 3.00 bits per heavy atom. The van der Waals surface area contributed by atoms with Crippen LogP contribution < -0.4 is 9.88 Å². The lowest BCUT2D eigenvalue weighted by Crippen LogP contribution is -2.31. The molecule has 6 heteroatoms. The molecule has 2 N–H and O–H groups in total. The number of aromatic amines is 1. The molecule has 2 aromatic rings. The monoisotopic (exact) mass is 255 g/mol. The second-order valence-electron chi connectivity index (χ2n) is 3.60. The summed E-state index contributed by atoms with van der Waals surface area (Å²) in [5, 5.41) is 11.6. The van der Waals surface area contributed by atoms with E-state index < -0.39 is 0 Å². The van der Waals surface area contributed by atoms with Gasteiger partial charge < -0.3 is 0 Å². The van der Waals surface area contributed by atoms with Gasteiger partial charge in [0.1, 0.15) is 0 Å². The molecule has 1 aromatic heterocycles. The SMILES string of the molecule is Clc1ccc(-c2[nH]nc3[n+]2CCN3)c(Cl)c1. The van der Waals surface area contributed by atoms with Gasteiger partial charge in [-0.2, -0.15) is 5.10 Å². The number of nitrogens with one attached hydrogen (secondary N) is 2. The normalized spacial score (nSPS) is 13.6. The van der Waals surface area contributed by atoms with Gasteiger partial charge in [-0.15, -0.1) is 0 Å². The summed E-state index contributed by atoms with van der Waals surface area (Å²) in [6.45, 7) is 1.79. The minimum absolute atomic E-state index is 0.623. The number of aromatic nitrogens is 3. The van der Waals surface area contributed by atoms with Gasteiger partial charge in [0, 0.05) is 10.1 Å². The first-order chi connectivity index (χ1) is 7.75. The standard InChI is InChI=1S/C10H8Cl2N4/c11-6-1-2-7(8(12)5-6)9-14-15-10-13-3-4-16(9)10/h1-2,5H,3-4H2,(H,13,15)/p+1. The molecule has 0 saturated carbocycles. The summed E-state index contributed by atoms with van der Waals surface area (Å²) in [5.74, 6) is 1.75. The Morgan fingerprint density at radius 2 is 2.19 bits per heavy atom. The molecule has 0 aliphatic carbocycles. The maximum Gasteiger partial charge on any atom is 0.378 e. The van der Waals surface area contributed by atoms with Crippen LogP contribution in [0, 0.1) is 0 Å². The van der Waals surface area contributed by atoms with Crippen LogP contribution >= 0.6 is 23.2 Å². The van der Waals surface area contributed by atoms with Crippen LogP contribution in [0.25, 0.3) is 11.4 Å². The van der Waals surface area contributed by atoms with Crippen LogP contribution in [-0.2, 0) is 6.54 Å². The molecule has 4 nitrogen and oxygen atoms in total. The molecule has 0 saturated heterocycles. The van der Waals surface area contributed by atoms with Crippen LogP contribution in [0.15, 0.2) is 18.2 Å². The Kier molecular flexibility index (Phi) is 2.26. The van der Waals surface area contributed by atoms with E-state index in [1.54, 1.807) is 6.07 Å². The lowest BCUT2D eigenvalue weighted by atomic mass is 10.2. The van der Waals surface area contributed by atoms with Crippen LogP contribution in [-0.4, -0.2) is 16.7 Å². The molecule has 0 fully saturated rings. The number of H-pyrrole nitrogens is 1. The molecular formula is C10H9Cl2N4+. The van der Waals surface area contributed by atoms with Crippen molar-refractivity contribution in [2.45, 2.75) is 6.54 Å². The Labute approximate surface area is 102 Å². The number of hydrogen-bond donors (Lipinski definition) is 2. The highest BCUT2D eigenvalue weighted by Crippen LogP contribution is 2.28. The van der Waals surface area contributed by atoms with E-state index >= 15 is 0 Å². The average molecular weight is 256 g/mol. The van der Waals surface area contributed by atoms with Crippen molar-refractivity contribution in [2.24, 2.45) is 0 Å². The number of nitrogens with zero attached hydrogens (tertiary/aromatic N) is 2. The molecule has 1 aromatic carbocycles. The largest absolute Gasteiger partial charge is 0.378 e. The number of anilines is 1. The summed E-state index contributed by atoms with van der Waals surface area (Å²) in [6.07, 6.45) is 0. The maximum absolute atomic E-state index is 6.16. The fraction of sp³-hybridized carbons (Fsp3) is 0.200. The quantitative estimate of drug-likeness (QED) is 0.767. The van der Waals surface area contributed by atoms with Crippen molar-refractivity contribution in [2.75, 3.05) is 11.9 Å². The maximum atomic E-state index is 6.16. The number of fused-ring (bicyclic) bond motifs is 1. The summed E-state index contributed by atoms with van der Waals surface area (Å²) < 4.78 is 2.06. The van der Waals surface area contributed by atoms with Crippen molar-refractivity contribution < 1.29 is 4.57 Å². The second kappa shape index (κ2) is 3.64. The molecule has 0 atom stereocenters. The summed E-state index contributed by atoms with van der Waals surface area (Å²) in [5.41, 5.74) is 0.911. The number of rotatable bonds is 1. The van der Waals surface area contributed by atoms with Gasteiger partial charge >= 0.3 is 5.95 Å². The van der Waals surface area contributed by atoms with Gasteiger partial charge in [0.05, 0.1) is 23.7 Å². The van der Waals surface area contributed by atoms with E-state index in [-0.39, 0.29) is 0 Å². The molecular weight excluding hydrogens is 247 g/mol. The number of halogens is 2. The van der Waals surface area contributed by atoms with E-state index in [1.807, 2.05) is 12.1 Å².